The molecule has 0 saturated heterocycles. The zero-order valence-corrected chi connectivity index (χ0v) is 14.0. The highest BCUT2D eigenvalue weighted by Gasteiger charge is 2.33. The van der Waals surface area contributed by atoms with Crippen molar-refractivity contribution in [1.82, 2.24) is 15.3 Å². The summed E-state index contributed by atoms with van der Waals surface area (Å²) in [4.78, 5) is 12.0. The molecule has 0 fully saturated rings. The Morgan fingerprint density at radius 1 is 1.38 bits per heavy atom. The third kappa shape index (κ3) is 3.01. The molecule has 0 amide bonds. The molecule has 1 N–H and O–H groups in total. The summed E-state index contributed by atoms with van der Waals surface area (Å²) in [6.07, 6.45) is 4.22. The van der Waals surface area contributed by atoms with Gasteiger partial charge in [-0.25, -0.2) is 9.97 Å². The second-order valence-corrected chi connectivity index (χ2v) is 7.95. The average molecular weight is 301 g/mol. The normalized spacial score (nSPS) is 20.3. The van der Waals surface area contributed by atoms with E-state index in [9.17, 15) is 0 Å². The molecule has 3 rings (SSSR count). The van der Waals surface area contributed by atoms with Crippen molar-refractivity contribution in [3.05, 3.63) is 34.5 Å². The first kappa shape index (κ1) is 14.7. The summed E-state index contributed by atoms with van der Waals surface area (Å²) in [6, 6.07) is 4.64. The maximum Gasteiger partial charge on any atom is 0.169 e. The van der Waals surface area contributed by atoms with E-state index in [1.165, 1.54) is 21.0 Å². The first-order valence-electron chi connectivity index (χ1n) is 7.64. The molecule has 3 nitrogen and oxygen atoms in total. The minimum atomic E-state index is 0.289. The van der Waals surface area contributed by atoms with E-state index in [2.05, 4.69) is 50.1 Å². The van der Waals surface area contributed by atoms with Gasteiger partial charge in [0.1, 0.15) is 0 Å². The fraction of sp³-hybridized carbons (Fsp3) is 0.529. The summed E-state index contributed by atoms with van der Waals surface area (Å²) in [7, 11) is 0. The van der Waals surface area contributed by atoms with Gasteiger partial charge >= 0.3 is 0 Å². The van der Waals surface area contributed by atoms with Crippen molar-refractivity contribution in [2.45, 2.75) is 46.6 Å². The lowest BCUT2D eigenvalue weighted by Crippen LogP contribution is -2.34. The Kier molecular flexibility index (Phi) is 3.84. The van der Waals surface area contributed by atoms with Gasteiger partial charge in [0.15, 0.2) is 5.82 Å². The van der Waals surface area contributed by atoms with Gasteiger partial charge in [-0.15, -0.1) is 11.3 Å². The summed E-state index contributed by atoms with van der Waals surface area (Å²) in [5.41, 5.74) is 2.79. The highest BCUT2D eigenvalue weighted by Crippen LogP contribution is 2.40. The Morgan fingerprint density at radius 2 is 2.19 bits per heavy atom. The van der Waals surface area contributed by atoms with Crippen LogP contribution in [0.25, 0.3) is 10.7 Å². The van der Waals surface area contributed by atoms with Crippen LogP contribution in [0.3, 0.4) is 0 Å². The lowest BCUT2D eigenvalue weighted by molar-refractivity contribution is 0.255. The topological polar surface area (TPSA) is 37.8 Å². The molecule has 0 saturated carbocycles. The van der Waals surface area contributed by atoms with Gasteiger partial charge in [-0.05, 0) is 43.9 Å². The molecule has 4 heteroatoms. The summed E-state index contributed by atoms with van der Waals surface area (Å²) in [6.45, 7) is 9.92. The SMILES string of the molecule is CCNC1CC(C)(C)Cc2nc(-c3ccc(C)s3)ncc21. The standard InChI is InChI=1S/C17H23N3S/c1-5-18-13-8-17(3,4)9-14-12(13)10-19-16(20-14)15-7-6-11(2)21-15/h6-7,10,13,18H,5,8-9H2,1-4H3. The molecule has 0 aliphatic heterocycles. The highest BCUT2D eigenvalue weighted by molar-refractivity contribution is 7.15. The van der Waals surface area contributed by atoms with Crippen LogP contribution in [0.5, 0.6) is 0 Å². The molecule has 2 aromatic heterocycles. The van der Waals surface area contributed by atoms with Gasteiger partial charge in [0.2, 0.25) is 0 Å². The lowest BCUT2D eigenvalue weighted by Gasteiger charge is -2.36. The van der Waals surface area contributed by atoms with Crippen LogP contribution in [0.2, 0.25) is 0 Å². The van der Waals surface area contributed by atoms with E-state index in [1.54, 1.807) is 11.3 Å². The molecule has 0 spiro atoms. The minimum Gasteiger partial charge on any atom is -0.310 e. The van der Waals surface area contributed by atoms with Gasteiger partial charge in [0.05, 0.1) is 4.88 Å². The van der Waals surface area contributed by atoms with Gasteiger partial charge in [-0.2, -0.15) is 0 Å². The number of rotatable bonds is 3. The monoisotopic (exact) mass is 301 g/mol. The van der Waals surface area contributed by atoms with Crippen LogP contribution in [0, 0.1) is 12.3 Å². The number of aromatic nitrogens is 2. The van der Waals surface area contributed by atoms with Crippen molar-refractivity contribution in [2.24, 2.45) is 5.41 Å². The summed E-state index contributed by atoms with van der Waals surface area (Å²) in [5.74, 6) is 0.875. The number of nitrogens with one attached hydrogen (secondary N) is 1. The Balaban J connectivity index is 2.00. The van der Waals surface area contributed by atoms with Crippen molar-refractivity contribution in [3.63, 3.8) is 0 Å². The summed E-state index contributed by atoms with van der Waals surface area (Å²) in [5, 5.41) is 3.58. The third-order valence-electron chi connectivity index (χ3n) is 4.09. The van der Waals surface area contributed by atoms with E-state index in [4.69, 9.17) is 4.98 Å². The van der Waals surface area contributed by atoms with E-state index < -0.39 is 0 Å². The van der Waals surface area contributed by atoms with Crippen molar-refractivity contribution in [3.8, 4) is 10.7 Å². The smallest absolute Gasteiger partial charge is 0.169 e. The number of nitrogens with zero attached hydrogens (tertiary/aromatic N) is 2. The number of thiophene rings is 1. The van der Waals surface area contributed by atoms with Crippen LogP contribution in [0.1, 0.15) is 49.4 Å². The Morgan fingerprint density at radius 3 is 2.86 bits per heavy atom. The van der Waals surface area contributed by atoms with Crippen LogP contribution >= 0.6 is 11.3 Å². The quantitative estimate of drug-likeness (QED) is 0.926. The van der Waals surface area contributed by atoms with E-state index >= 15 is 0 Å². The van der Waals surface area contributed by atoms with Gasteiger partial charge in [0.25, 0.3) is 0 Å². The predicted octanol–water partition coefficient (Wildman–Crippen LogP) is 4.14. The van der Waals surface area contributed by atoms with E-state index in [1.807, 2.05) is 6.20 Å². The second-order valence-electron chi connectivity index (χ2n) is 6.66. The highest BCUT2D eigenvalue weighted by atomic mass is 32.1. The summed E-state index contributed by atoms with van der Waals surface area (Å²) >= 11 is 1.76. The lowest BCUT2D eigenvalue weighted by atomic mass is 9.74. The van der Waals surface area contributed by atoms with Crippen LogP contribution in [-0.2, 0) is 6.42 Å². The number of fused-ring (bicyclic) bond motifs is 1. The molecule has 0 radical (unpaired) electrons. The first-order chi connectivity index (χ1) is 9.98. The van der Waals surface area contributed by atoms with Crippen molar-refractivity contribution >= 4 is 11.3 Å². The molecule has 0 bridgehead atoms. The molecular weight excluding hydrogens is 278 g/mol. The second kappa shape index (κ2) is 5.50. The van der Waals surface area contributed by atoms with Crippen LogP contribution in [-0.4, -0.2) is 16.5 Å². The molecule has 1 aliphatic carbocycles. The Labute approximate surface area is 130 Å². The predicted molar refractivity (Wildman–Crippen MR) is 88.6 cm³/mol. The maximum atomic E-state index is 4.88. The molecule has 2 aromatic rings. The molecule has 0 aromatic carbocycles. The van der Waals surface area contributed by atoms with Gasteiger partial charge in [-0.1, -0.05) is 20.8 Å². The molecule has 112 valence electrons. The van der Waals surface area contributed by atoms with Gasteiger partial charge < -0.3 is 5.32 Å². The average Bonchev–Trinajstić information content (AvgIpc) is 2.84. The molecule has 1 atom stereocenters. The van der Waals surface area contributed by atoms with Crippen molar-refractivity contribution in [2.75, 3.05) is 6.54 Å². The first-order valence-corrected chi connectivity index (χ1v) is 8.46. The molecule has 1 unspecified atom stereocenters. The molecule has 1 aliphatic rings. The Bertz CT molecular complexity index is 645. The van der Waals surface area contributed by atoms with E-state index in [-0.39, 0.29) is 5.41 Å². The van der Waals surface area contributed by atoms with Crippen molar-refractivity contribution in [1.29, 1.82) is 0 Å². The number of hydrogen-bond donors (Lipinski definition) is 1. The fourth-order valence-corrected chi connectivity index (χ4v) is 3.96. The molecular formula is C17H23N3S. The van der Waals surface area contributed by atoms with Crippen LogP contribution < -0.4 is 5.32 Å². The zero-order valence-electron chi connectivity index (χ0n) is 13.2. The molecule has 2 heterocycles. The number of aryl methyl sites for hydroxylation is 1. The van der Waals surface area contributed by atoms with E-state index in [0.717, 1.165) is 25.2 Å². The zero-order chi connectivity index (χ0) is 15.0. The van der Waals surface area contributed by atoms with E-state index in [0.29, 0.717) is 6.04 Å². The van der Waals surface area contributed by atoms with Crippen molar-refractivity contribution < 1.29 is 0 Å². The number of hydrogen-bond acceptors (Lipinski definition) is 4. The van der Waals surface area contributed by atoms with Gasteiger partial charge in [0, 0.05) is 28.4 Å². The summed E-state index contributed by atoms with van der Waals surface area (Å²) < 4.78 is 0. The Hall–Kier alpha value is -1.26. The molecule has 21 heavy (non-hydrogen) atoms. The fourth-order valence-electron chi connectivity index (χ4n) is 3.15. The van der Waals surface area contributed by atoms with Gasteiger partial charge in [-0.3, -0.25) is 0 Å². The van der Waals surface area contributed by atoms with Crippen LogP contribution in [0.15, 0.2) is 18.3 Å². The maximum absolute atomic E-state index is 4.88. The minimum absolute atomic E-state index is 0.289. The largest absolute Gasteiger partial charge is 0.310 e. The van der Waals surface area contributed by atoms with Crippen LogP contribution in [0.4, 0.5) is 0 Å². The third-order valence-corrected chi connectivity index (χ3v) is 5.09.